The Balaban J connectivity index is 3.39. The van der Waals surface area contributed by atoms with Crippen LogP contribution >= 0.6 is 0 Å². The van der Waals surface area contributed by atoms with E-state index >= 15 is 0 Å². The lowest BCUT2D eigenvalue weighted by Gasteiger charge is -2.40. The van der Waals surface area contributed by atoms with Gasteiger partial charge in [-0.25, -0.2) is 0 Å². The molecule has 3 heteroatoms. The van der Waals surface area contributed by atoms with E-state index in [2.05, 4.69) is 46.5 Å². The van der Waals surface area contributed by atoms with Crippen LogP contribution in [-0.4, -0.2) is 10.9 Å². The number of aromatic nitrogens is 1. The highest BCUT2D eigenvalue weighted by Crippen LogP contribution is 2.43. The summed E-state index contributed by atoms with van der Waals surface area (Å²) in [6.07, 6.45) is 3.13. The summed E-state index contributed by atoms with van der Waals surface area (Å²) >= 11 is 0. The molecule has 2 N–H and O–H groups in total. The zero-order valence-electron chi connectivity index (χ0n) is 13.7. The van der Waals surface area contributed by atoms with Crippen molar-refractivity contribution in [3.63, 3.8) is 0 Å². The maximum Gasteiger partial charge on any atom is 0.229 e. The van der Waals surface area contributed by atoms with Gasteiger partial charge in [-0.1, -0.05) is 47.6 Å². The molecule has 3 nitrogen and oxygen atoms in total. The summed E-state index contributed by atoms with van der Waals surface area (Å²) in [6.45, 7) is 12.8. The predicted octanol–water partition coefficient (Wildman–Crippen LogP) is 3.68. The van der Waals surface area contributed by atoms with Gasteiger partial charge in [-0.2, -0.15) is 0 Å². The van der Waals surface area contributed by atoms with E-state index in [1.54, 1.807) is 6.20 Å². The second kappa shape index (κ2) is 5.55. The molecule has 0 bridgehead atoms. The number of rotatable bonds is 4. The minimum Gasteiger partial charge on any atom is -0.369 e. The number of nitrogens with zero attached hydrogens (tertiary/aromatic N) is 1. The van der Waals surface area contributed by atoms with Crippen LogP contribution in [0.2, 0.25) is 0 Å². The number of amides is 1. The van der Waals surface area contributed by atoms with Crippen molar-refractivity contribution in [3.05, 3.63) is 30.1 Å². The molecule has 0 saturated carbocycles. The van der Waals surface area contributed by atoms with Crippen molar-refractivity contribution in [1.82, 2.24) is 4.98 Å². The maximum atomic E-state index is 12.4. The van der Waals surface area contributed by atoms with Gasteiger partial charge < -0.3 is 5.73 Å². The van der Waals surface area contributed by atoms with Crippen molar-refractivity contribution < 1.29 is 4.79 Å². The SMILES string of the molecule is CC(C)(C)CC(CC(C)(C)C)(C(N)=O)c1ccccn1. The summed E-state index contributed by atoms with van der Waals surface area (Å²) in [5, 5.41) is 0. The van der Waals surface area contributed by atoms with Crippen LogP contribution in [0.5, 0.6) is 0 Å². The van der Waals surface area contributed by atoms with E-state index in [1.165, 1.54) is 0 Å². The van der Waals surface area contributed by atoms with E-state index in [1.807, 2.05) is 18.2 Å². The van der Waals surface area contributed by atoms with Gasteiger partial charge >= 0.3 is 0 Å². The van der Waals surface area contributed by atoms with E-state index < -0.39 is 5.41 Å². The van der Waals surface area contributed by atoms with Crippen LogP contribution in [0.15, 0.2) is 24.4 Å². The second-order valence-corrected chi connectivity index (χ2v) is 8.14. The van der Waals surface area contributed by atoms with Crippen LogP contribution in [0.4, 0.5) is 0 Å². The van der Waals surface area contributed by atoms with Gasteiger partial charge in [-0.05, 0) is 35.8 Å². The van der Waals surface area contributed by atoms with Crippen LogP contribution in [-0.2, 0) is 10.2 Å². The van der Waals surface area contributed by atoms with Crippen molar-refractivity contribution in [1.29, 1.82) is 0 Å². The Morgan fingerprint density at radius 2 is 1.55 bits per heavy atom. The maximum absolute atomic E-state index is 12.4. The fourth-order valence-electron chi connectivity index (χ4n) is 3.00. The molecule has 1 amide bonds. The Bertz CT molecular complexity index is 436. The largest absolute Gasteiger partial charge is 0.369 e. The highest BCUT2D eigenvalue weighted by Gasteiger charge is 2.45. The number of carbonyl (C=O) groups is 1. The highest BCUT2D eigenvalue weighted by atomic mass is 16.1. The molecule has 0 fully saturated rings. The van der Waals surface area contributed by atoms with Gasteiger partial charge in [0.1, 0.15) is 0 Å². The lowest BCUT2D eigenvalue weighted by molar-refractivity contribution is -0.126. The normalized spacial score (nSPS) is 13.3. The van der Waals surface area contributed by atoms with E-state index in [-0.39, 0.29) is 16.7 Å². The van der Waals surface area contributed by atoms with Gasteiger partial charge in [0.2, 0.25) is 5.91 Å². The number of nitrogens with two attached hydrogens (primary N) is 1. The summed E-state index contributed by atoms with van der Waals surface area (Å²) in [4.78, 5) is 16.8. The summed E-state index contributed by atoms with van der Waals surface area (Å²) in [5.74, 6) is -0.277. The molecular formula is C17H28N2O. The minimum absolute atomic E-state index is 0.00218. The average molecular weight is 276 g/mol. The molecule has 0 unspecified atom stereocenters. The number of primary amides is 1. The smallest absolute Gasteiger partial charge is 0.229 e. The third-order valence-corrected chi connectivity index (χ3v) is 3.29. The van der Waals surface area contributed by atoms with Crippen molar-refractivity contribution in [2.75, 3.05) is 0 Å². The van der Waals surface area contributed by atoms with Crippen molar-refractivity contribution in [2.45, 2.75) is 59.8 Å². The lowest BCUT2D eigenvalue weighted by atomic mass is 9.64. The summed E-state index contributed by atoms with van der Waals surface area (Å²) in [7, 11) is 0. The van der Waals surface area contributed by atoms with Gasteiger partial charge in [0.15, 0.2) is 0 Å². The molecule has 0 spiro atoms. The van der Waals surface area contributed by atoms with E-state index in [0.29, 0.717) is 12.8 Å². The molecule has 0 aliphatic rings. The fourth-order valence-corrected chi connectivity index (χ4v) is 3.00. The van der Waals surface area contributed by atoms with Crippen molar-refractivity contribution >= 4 is 5.91 Å². The average Bonchev–Trinajstić information content (AvgIpc) is 2.25. The molecular weight excluding hydrogens is 248 g/mol. The molecule has 0 saturated heterocycles. The molecule has 0 aromatic carbocycles. The Morgan fingerprint density at radius 3 is 1.85 bits per heavy atom. The van der Waals surface area contributed by atoms with Gasteiger partial charge in [-0.3, -0.25) is 9.78 Å². The van der Waals surface area contributed by atoms with E-state index in [4.69, 9.17) is 5.73 Å². The Morgan fingerprint density at radius 1 is 1.05 bits per heavy atom. The van der Waals surface area contributed by atoms with Crippen LogP contribution in [0.25, 0.3) is 0 Å². The van der Waals surface area contributed by atoms with Crippen LogP contribution in [0.1, 0.15) is 60.1 Å². The zero-order chi connectivity index (χ0) is 15.6. The van der Waals surface area contributed by atoms with Gasteiger partial charge in [0.05, 0.1) is 11.1 Å². The summed E-state index contributed by atoms with van der Waals surface area (Å²) in [6, 6.07) is 5.71. The lowest BCUT2D eigenvalue weighted by Crippen LogP contribution is -2.47. The molecule has 1 rings (SSSR count). The number of hydrogen-bond donors (Lipinski definition) is 1. The first kappa shape index (κ1) is 16.7. The third-order valence-electron chi connectivity index (χ3n) is 3.29. The molecule has 0 aliphatic carbocycles. The number of pyridine rings is 1. The molecule has 0 aliphatic heterocycles. The first-order valence-corrected chi connectivity index (χ1v) is 7.18. The second-order valence-electron chi connectivity index (χ2n) is 8.14. The quantitative estimate of drug-likeness (QED) is 0.912. The fraction of sp³-hybridized carbons (Fsp3) is 0.647. The van der Waals surface area contributed by atoms with Crippen LogP contribution < -0.4 is 5.73 Å². The summed E-state index contributed by atoms with van der Waals surface area (Å²) < 4.78 is 0. The molecule has 112 valence electrons. The topological polar surface area (TPSA) is 56.0 Å². The van der Waals surface area contributed by atoms with Crippen LogP contribution in [0, 0.1) is 10.8 Å². The van der Waals surface area contributed by atoms with Gasteiger partial charge in [0, 0.05) is 6.20 Å². The van der Waals surface area contributed by atoms with Gasteiger partial charge in [-0.15, -0.1) is 0 Å². The Kier molecular flexibility index (Phi) is 4.62. The third kappa shape index (κ3) is 4.32. The number of hydrogen-bond acceptors (Lipinski definition) is 2. The molecule has 0 atom stereocenters. The monoisotopic (exact) mass is 276 g/mol. The van der Waals surface area contributed by atoms with Gasteiger partial charge in [0.25, 0.3) is 0 Å². The molecule has 1 aromatic heterocycles. The molecule has 0 radical (unpaired) electrons. The first-order chi connectivity index (χ1) is 8.96. The van der Waals surface area contributed by atoms with Crippen molar-refractivity contribution in [3.8, 4) is 0 Å². The minimum atomic E-state index is -0.711. The zero-order valence-corrected chi connectivity index (χ0v) is 13.7. The van der Waals surface area contributed by atoms with Crippen molar-refractivity contribution in [2.24, 2.45) is 16.6 Å². The first-order valence-electron chi connectivity index (χ1n) is 7.18. The molecule has 20 heavy (non-hydrogen) atoms. The standard InChI is InChI=1S/C17H28N2O/c1-15(2,3)11-17(14(18)20,12-16(4,5)6)13-9-7-8-10-19-13/h7-10H,11-12H2,1-6H3,(H2,18,20). The number of carbonyl (C=O) groups excluding carboxylic acids is 1. The highest BCUT2D eigenvalue weighted by molar-refractivity contribution is 5.86. The predicted molar refractivity (Wildman–Crippen MR) is 83.3 cm³/mol. The Labute approximate surface area is 123 Å². The molecule has 1 heterocycles. The van der Waals surface area contributed by atoms with E-state index in [0.717, 1.165) is 5.69 Å². The van der Waals surface area contributed by atoms with E-state index in [9.17, 15) is 4.79 Å². The summed E-state index contributed by atoms with van der Waals surface area (Å²) in [5.41, 5.74) is 5.91. The Hall–Kier alpha value is -1.38. The van der Waals surface area contributed by atoms with Crippen LogP contribution in [0.3, 0.4) is 0 Å². The molecule has 1 aromatic rings.